The van der Waals surface area contributed by atoms with E-state index < -0.39 is 0 Å². The Balaban J connectivity index is 1.83. The fourth-order valence-corrected chi connectivity index (χ4v) is 3.03. The van der Waals surface area contributed by atoms with E-state index in [4.69, 9.17) is 5.26 Å². The smallest absolute Gasteiger partial charge is 0.146 e. The minimum Gasteiger partial charge on any atom is -0.317 e. The molecule has 0 saturated carbocycles. The molecule has 0 radical (unpaired) electrons. The Morgan fingerprint density at radius 3 is 2.78 bits per heavy atom. The molecule has 124 valence electrons. The molecule has 2 rings (SSSR count). The fraction of sp³-hybridized carbons (Fsp3) is 0.750. The third kappa shape index (κ3) is 4.51. The van der Waals surface area contributed by atoms with E-state index in [9.17, 15) is 5.26 Å². The monoisotopic (exact) mass is 315 g/mol. The first kappa shape index (κ1) is 17.4. The van der Waals surface area contributed by atoms with Gasteiger partial charge in [-0.25, -0.2) is 0 Å². The molecule has 7 nitrogen and oxygen atoms in total. The highest BCUT2D eigenvalue weighted by atomic mass is 15.3. The molecule has 0 aliphatic carbocycles. The molecule has 23 heavy (non-hydrogen) atoms. The molecule has 0 spiro atoms. The van der Waals surface area contributed by atoms with Gasteiger partial charge in [0.1, 0.15) is 11.6 Å². The molecular weight excluding hydrogens is 290 g/mol. The maximum atomic E-state index is 9.20. The van der Waals surface area contributed by atoms with Gasteiger partial charge in [0, 0.05) is 32.6 Å². The zero-order valence-corrected chi connectivity index (χ0v) is 14.2. The Hall–Kier alpha value is -1.96. The van der Waals surface area contributed by atoms with Crippen molar-refractivity contribution < 1.29 is 0 Å². The zero-order valence-electron chi connectivity index (χ0n) is 14.2. The number of aromatic nitrogens is 3. The van der Waals surface area contributed by atoms with E-state index in [1.807, 2.05) is 18.5 Å². The largest absolute Gasteiger partial charge is 0.317 e. The standard InChI is InChI=1S/C16H25N7/c1-13-19-20-16(22(13)3)12-21(2)15-6-8-23(11-15)10-14(9-18)5-4-7-17/h14-15H,4-6,8,10-12H2,1-3H3. The molecule has 1 fully saturated rings. The lowest BCUT2D eigenvalue weighted by atomic mass is 10.1. The van der Waals surface area contributed by atoms with E-state index in [0.717, 1.165) is 44.2 Å². The number of nitriles is 2. The van der Waals surface area contributed by atoms with Crippen LogP contribution in [0.15, 0.2) is 0 Å². The van der Waals surface area contributed by atoms with Gasteiger partial charge in [-0.1, -0.05) is 0 Å². The lowest BCUT2D eigenvalue weighted by Crippen LogP contribution is -2.36. The number of aryl methyl sites for hydroxylation is 1. The quantitative estimate of drug-likeness (QED) is 0.748. The van der Waals surface area contributed by atoms with Gasteiger partial charge in [0.05, 0.1) is 24.6 Å². The Labute approximate surface area is 138 Å². The molecule has 2 atom stereocenters. The van der Waals surface area contributed by atoms with E-state index in [1.54, 1.807) is 0 Å². The number of hydrogen-bond acceptors (Lipinski definition) is 6. The van der Waals surface area contributed by atoms with Crippen LogP contribution in [0, 0.1) is 35.5 Å². The molecule has 1 aromatic heterocycles. The average molecular weight is 315 g/mol. The first-order valence-corrected chi connectivity index (χ1v) is 8.09. The van der Waals surface area contributed by atoms with Crippen molar-refractivity contribution in [1.82, 2.24) is 24.6 Å². The Morgan fingerprint density at radius 2 is 2.17 bits per heavy atom. The Kier molecular flexibility index (Phi) is 6.09. The van der Waals surface area contributed by atoms with Crippen molar-refractivity contribution in [2.24, 2.45) is 13.0 Å². The summed E-state index contributed by atoms with van der Waals surface area (Å²) in [4.78, 5) is 4.66. The molecule has 1 aromatic rings. The maximum Gasteiger partial charge on any atom is 0.146 e. The number of nitrogens with zero attached hydrogens (tertiary/aromatic N) is 7. The summed E-state index contributed by atoms with van der Waals surface area (Å²) < 4.78 is 2.02. The normalized spacial score (nSPS) is 19.7. The summed E-state index contributed by atoms with van der Waals surface area (Å²) in [5.74, 6) is 1.86. The summed E-state index contributed by atoms with van der Waals surface area (Å²) in [5.41, 5.74) is 0. The van der Waals surface area contributed by atoms with Crippen LogP contribution in [0.4, 0.5) is 0 Å². The number of hydrogen-bond donors (Lipinski definition) is 0. The van der Waals surface area contributed by atoms with Gasteiger partial charge in [-0.3, -0.25) is 4.90 Å². The van der Waals surface area contributed by atoms with Crippen molar-refractivity contribution in [3.05, 3.63) is 11.6 Å². The van der Waals surface area contributed by atoms with Crippen LogP contribution in [-0.2, 0) is 13.6 Å². The highest BCUT2D eigenvalue weighted by molar-refractivity contribution is 4.95. The number of likely N-dealkylation sites (tertiary alicyclic amines) is 1. The fourth-order valence-electron chi connectivity index (χ4n) is 3.03. The summed E-state index contributed by atoms with van der Waals surface area (Å²) in [5, 5.41) is 26.2. The minimum absolute atomic E-state index is 0.0416. The van der Waals surface area contributed by atoms with Crippen molar-refractivity contribution in [1.29, 1.82) is 10.5 Å². The molecule has 7 heteroatoms. The van der Waals surface area contributed by atoms with Crippen LogP contribution in [0.2, 0.25) is 0 Å². The summed E-state index contributed by atoms with van der Waals surface area (Å²) in [6, 6.07) is 4.93. The average Bonchev–Trinajstić information content (AvgIpc) is 3.13. The molecule has 0 amide bonds. The van der Waals surface area contributed by atoms with Gasteiger partial charge in [-0.2, -0.15) is 10.5 Å². The van der Waals surface area contributed by atoms with Gasteiger partial charge in [0.2, 0.25) is 0 Å². The van der Waals surface area contributed by atoms with E-state index in [2.05, 4.69) is 39.2 Å². The SMILES string of the molecule is Cc1nnc(CN(C)C2CCN(CC(C#N)CCC#N)C2)n1C. The Bertz CT molecular complexity index is 595. The molecule has 0 bridgehead atoms. The maximum absolute atomic E-state index is 9.20. The molecular formula is C16H25N7. The Morgan fingerprint density at radius 1 is 1.39 bits per heavy atom. The molecule has 0 aromatic carbocycles. The van der Waals surface area contributed by atoms with Gasteiger partial charge < -0.3 is 9.47 Å². The first-order chi connectivity index (χ1) is 11.0. The van der Waals surface area contributed by atoms with E-state index in [1.165, 1.54) is 0 Å². The predicted molar refractivity (Wildman–Crippen MR) is 86.0 cm³/mol. The lowest BCUT2D eigenvalue weighted by molar-refractivity contribution is 0.212. The number of rotatable bonds is 7. The van der Waals surface area contributed by atoms with Crippen LogP contribution < -0.4 is 0 Å². The van der Waals surface area contributed by atoms with Crippen LogP contribution in [0.3, 0.4) is 0 Å². The van der Waals surface area contributed by atoms with E-state index in [0.29, 0.717) is 18.9 Å². The third-order valence-electron chi connectivity index (χ3n) is 4.71. The molecule has 2 unspecified atom stereocenters. The van der Waals surface area contributed by atoms with Gasteiger partial charge in [-0.05, 0) is 33.4 Å². The van der Waals surface area contributed by atoms with Crippen molar-refractivity contribution in [3.63, 3.8) is 0 Å². The second kappa shape index (κ2) is 8.05. The summed E-state index contributed by atoms with van der Waals surface area (Å²) in [6.07, 6.45) is 2.23. The second-order valence-electron chi connectivity index (χ2n) is 6.36. The summed E-state index contributed by atoms with van der Waals surface area (Å²) in [7, 11) is 4.11. The summed E-state index contributed by atoms with van der Waals surface area (Å²) in [6.45, 7) is 5.49. The first-order valence-electron chi connectivity index (χ1n) is 8.09. The van der Waals surface area contributed by atoms with Crippen LogP contribution >= 0.6 is 0 Å². The lowest BCUT2D eigenvalue weighted by Gasteiger charge is -2.24. The third-order valence-corrected chi connectivity index (χ3v) is 4.71. The molecule has 2 heterocycles. The molecule has 0 N–H and O–H groups in total. The van der Waals surface area contributed by atoms with Crippen molar-refractivity contribution >= 4 is 0 Å². The van der Waals surface area contributed by atoms with Gasteiger partial charge in [0.15, 0.2) is 0 Å². The van der Waals surface area contributed by atoms with Gasteiger partial charge in [0.25, 0.3) is 0 Å². The number of likely N-dealkylation sites (N-methyl/N-ethyl adjacent to an activating group) is 1. The van der Waals surface area contributed by atoms with Crippen molar-refractivity contribution in [3.8, 4) is 12.1 Å². The topological polar surface area (TPSA) is 84.8 Å². The van der Waals surface area contributed by atoms with Crippen molar-refractivity contribution in [2.75, 3.05) is 26.7 Å². The highest BCUT2D eigenvalue weighted by Crippen LogP contribution is 2.18. The van der Waals surface area contributed by atoms with Crippen LogP contribution in [-0.4, -0.2) is 57.3 Å². The van der Waals surface area contributed by atoms with Crippen molar-refractivity contribution in [2.45, 2.75) is 38.8 Å². The minimum atomic E-state index is -0.0416. The molecule has 1 saturated heterocycles. The van der Waals surface area contributed by atoms with Crippen LogP contribution in [0.5, 0.6) is 0 Å². The molecule has 1 aliphatic rings. The predicted octanol–water partition coefficient (Wildman–Crippen LogP) is 1.07. The van der Waals surface area contributed by atoms with Gasteiger partial charge >= 0.3 is 0 Å². The van der Waals surface area contributed by atoms with E-state index in [-0.39, 0.29) is 5.92 Å². The van der Waals surface area contributed by atoms with Gasteiger partial charge in [-0.15, -0.1) is 10.2 Å². The van der Waals surface area contributed by atoms with E-state index >= 15 is 0 Å². The second-order valence-corrected chi connectivity index (χ2v) is 6.36. The van der Waals surface area contributed by atoms with Crippen LogP contribution in [0.1, 0.15) is 30.9 Å². The van der Waals surface area contributed by atoms with Crippen LogP contribution in [0.25, 0.3) is 0 Å². The highest BCUT2D eigenvalue weighted by Gasteiger charge is 2.28. The molecule has 1 aliphatic heterocycles. The summed E-state index contributed by atoms with van der Waals surface area (Å²) >= 11 is 0. The zero-order chi connectivity index (χ0) is 16.8.